The van der Waals surface area contributed by atoms with E-state index in [1.807, 2.05) is 0 Å². The number of hydrogen-bond acceptors (Lipinski definition) is 8. The Hall–Kier alpha value is -3.21. The van der Waals surface area contributed by atoms with Crippen LogP contribution in [0.15, 0.2) is 36.4 Å². The van der Waals surface area contributed by atoms with E-state index in [0.717, 1.165) is 12.1 Å². The highest BCUT2D eigenvalue weighted by molar-refractivity contribution is 7.89. The molecule has 0 aliphatic heterocycles. The largest absolute Gasteiger partial charge is 0.398 e. The standard InChI is InChI=1S/C14H14N4O6S/c15-13-3-1-11(17(19)20)5-9(13)7-25(23,24)8-10-6-12(18(21)22)2-4-14(10)16/h1-6H,7-8,15-16H2. The van der Waals surface area contributed by atoms with E-state index in [9.17, 15) is 28.6 Å². The van der Waals surface area contributed by atoms with Crippen molar-refractivity contribution in [2.45, 2.75) is 11.5 Å². The van der Waals surface area contributed by atoms with E-state index in [4.69, 9.17) is 11.5 Å². The van der Waals surface area contributed by atoms with Crippen LogP contribution >= 0.6 is 0 Å². The summed E-state index contributed by atoms with van der Waals surface area (Å²) in [5.74, 6) is -1.11. The third-order valence-electron chi connectivity index (χ3n) is 3.43. The van der Waals surface area contributed by atoms with Crippen molar-refractivity contribution in [2.24, 2.45) is 0 Å². The fourth-order valence-corrected chi connectivity index (χ4v) is 3.74. The normalized spacial score (nSPS) is 11.2. The van der Waals surface area contributed by atoms with Crippen LogP contribution in [0.3, 0.4) is 0 Å². The molecule has 0 amide bonds. The number of benzene rings is 2. The van der Waals surface area contributed by atoms with Crippen LogP contribution in [0.25, 0.3) is 0 Å². The number of nitro groups is 2. The molecule has 0 spiro atoms. The Morgan fingerprint density at radius 3 is 1.48 bits per heavy atom. The van der Waals surface area contributed by atoms with Gasteiger partial charge in [-0.15, -0.1) is 0 Å². The second kappa shape index (κ2) is 6.73. The molecular weight excluding hydrogens is 352 g/mol. The van der Waals surface area contributed by atoms with Gasteiger partial charge >= 0.3 is 0 Å². The molecule has 0 radical (unpaired) electrons. The van der Waals surface area contributed by atoms with Gasteiger partial charge in [-0.05, 0) is 23.3 Å². The van der Waals surface area contributed by atoms with Crippen molar-refractivity contribution in [2.75, 3.05) is 11.5 Å². The summed E-state index contributed by atoms with van der Waals surface area (Å²) in [6.45, 7) is 0. The third-order valence-corrected chi connectivity index (χ3v) is 4.93. The Morgan fingerprint density at radius 2 is 1.16 bits per heavy atom. The van der Waals surface area contributed by atoms with Crippen molar-refractivity contribution in [3.05, 3.63) is 67.8 Å². The van der Waals surface area contributed by atoms with E-state index in [-0.39, 0.29) is 33.9 Å². The molecule has 25 heavy (non-hydrogen) atoms. The van der Waals surface area contributed by atoms with Crippen LogP contribution in [0, 0.1) is 20.2 Å². The number of sulfone groups is 1. The van der Waals surface area contributed by atoms with Gasteiger partial charge in [-0.2, -0.15) is 0 Å². The minimum absolute atomic E-state index is 0.0817. The molecule has 2 rings (SSSR count). The van der Waals surface area contributed by atoms with Crippen molar-refractivity contribution >= 4 is 32.6 Å². The van der Waals surface area contributed by atoms with Crippen LogP contribution in [0.2, 0.25) is 0 Å². The van der Waals surface area contributed by atoms with Crippen LogP contribution in [-0.4, -0.2) is 18.3 Å². The lowest BCUT2D eigenvalue weighted by atomic mass is 10.2. The van der Waals surface area contributed by atoms with E-state index >= 15 is 0 Å². The molecule has 0 heterocycles. The van der Waals surface area contributed by atoms with Crippen LogP contribution in [0.5, 0.6) is 0 Å². The number of nitrogens with zero attached hydrogens (tertiary/aromatic N) is 2. The Bertz CT molecular complexity index is 886. The van der Waals surface area contributed by atoms with Crippen molar-refractivity contribution in [1.29, 1.82) is 0 Å². The maximum atomic E-state index is 12.4. The maximum Gasteiger partial charge on any atom is 0.269 e. The molecule has 2 aromatic carbocycles. The predicted molar refractivity (Wildman–Crippen MR) is 91.3 cm³/mol. The first-order valence-electron chi connectivity index (χ1n) is 6.85. The summed E-state index contributed by atoms with van der Waals surface area (Å²) in [5, 5.41) is 21.6. The fraction of sp³-hybridized carbons (Fsp3) is 0.143. The number of nitrogen functional groups attached to an aromatic ring is 2. The first-order valence-corrected chi connectivity index (χ1v) is 8.67. The summed E-state index contributed by atoms with van der Waals surface area (Å²) in [6, 6.07) is 7.02. The Labute approximate surface area is 142 Å². The highest BCUT2D eigenvalue weighted by Gasteiger charge is 2.20. The van der Waals surface area contributed by atoms with Gasteiger partial charge < -0.3 is 11.5 Å². The number of hydrogen-bond donors (Lipinski definition) is 2. The molecule has 10 nitrogen and oxygen atoms in total. The van der Waals surface area contributed by atoms with E-state index in [0.29, 0.717) is 0 Å². The minimum atomic E-state index is -3.82. The summed E-state index contributed by atoms with van der Waals surface area (Å²) in [6.07, 6.45) is 0. The maximum absolute atomic E-state index is 12.4. The number of rotatable bonds is 6. The van der Waals surface area contributed by atoms with Crippen LogP contribution < -0.4 is 11.5 Å². The van der Waals surface area contributed by atoms with Gasteiger partial charge in [0.1, 0.15) is 0 Å². The number of nitrogens with two attached hydrogens (primary N) is 2. The summed E-state index contributed by atoms with van der Waals surface area (Å²) in [5.41, 5.74) is 11.2. The van der Waals surface area contributed by atoms with Crippen molar-refractivity contribution < 1.29 is 18.3 Å². The van der Waals surface area contributed by atoms with Crippen molar-refractivity contribution in [1.82, 2.24) is 0 Å². The second-order valence-corrected chi connectivity index (χ2v) is 7.38. The number of non-ortho nitro benzene ring substituents is 2. The summed E-state index contributed by atoms with van der Waals surface area (Å²) in [7, 11) is -3.82. The van der Waals surface area contributed by atoms with Crippen LogP contribution in [0.1, 0.15) is 11.1 Å². The second-order valence-electron chi connectivity index (χ2n) is 5.31. The van der Waals surface area contributed by atoms with Gasteiger partial charge in [-0.3, -0.25) is 20.2 Å². The van der Waals surface area contributed by atoms with Crippen molar-refractivity contribution in [3.63, 3.8) is 0 Å². The average molecular weight is 366 g/mol. The first kappa shape index (κ1) is 18.1. The van der Waals surface area contributed by atoms with E-state index < -0.39 is 31.2 Å². The summed E-state index contributed by atoms with van der Waals surface area (Å²) in [4.78, 5) is 20.3. The molecule has 2 aromatic rings. The Balaban J connectivity index is 2.32. The SMILES string of the molecule is Nc1ccc([N+](=O)[O-])cc1CS(=O)(=O)Cc1cc([N+](=O)[O-])ccc1N. The van der Waals surface area contributed by atoms with Gasteiger partial charge in [0, 0.05) is 35.6 Å². The zero-order valence-corrected chi connectivity index (χ0v) is 13.6. The van der Waals surface area contributed by atoms with Crippen LogP contribution in [-0.2, 0) is 21.3 Å². The molecule has 4 N–H and O–H groups in total. The lowest BCUT2D eigenvalue weighted by Crippen LogP contribution is -2.11. The molecule has 0 saturated carbocycles. The topological polar surface area (TPSA) is 172 Å². The summed E-state index contributed by atoms with van der Waals surface area (Å²) < 4.78 is 24.8. The van der Waals surface area contributed by atoms with Gasteiger partial charge in [0.25, 0.3) is 11.4 Å². The monoisotopic (exact) mass is 366 g/mol. The zero-order valence-electron chi connectivity index (χ0n) is 12.8. The molecule has 132 valence electrons. The minimum Gasteiger partial charge on any atom is -0.398 e. The van der Waals surface area contributed by atoms with Crippen molar-refractivity contribution in [3.8, 4) is 0 Å². The molecule has 0 aliphatic rings. The molecule has 0 aliphatic carbocycles. The zero-order chi connectivity index (χ0) is 18.8. The molecule has 0 aromatic heterocycles. The average Bonchev–Trinajstić information content (AvgIpc) is 2.50. The molecule has 0 saturated heterocycles. The first-order chi connectivity index (χ1) is 11.6. The van der Waals surface area contributed by atoms with E-state index in [1.165, 1.54) is 24.3 Å². The highest BCUT2D eigenvalue weighted by Crippen LogP contribution is 2.26. The van der Waals surface area contributed by atoms with Gasteiger partial charge in [-0.1, -0.05) is 0 Å². The quantitative estimate of drug-likeness (QED) is 0.442. The van der Waals surface area contributed by atoms with Gasteiger partial charge in [0.15, 0.2) is 9.84 Å². The van der Waals surface area contributed by atoms with Crippen LogP contribution in [0.4, 0.5) is 22.7 Å². The van der Waals surface area contributed by atoms with Gasteiger partial charge in [-0.25, -0.2) is 8.42 Å². The third kappa shape index (κ3) is 4.41. The molecule has 11 heteroatoms. The molecule has 0 bridgehead atoms. The molecule has 0 fully saturated rings. The smallest absolute Gasteiger partial charge is 0.269 e. The lowest BCUT2D eigenvalue weighted by Gasteiger charge is -2.09. The lowest BCUT2D eigenvalue weighted by molar-refractivity contribution is -0.385. The van der Waals surface area contributed by atoms with E-state index in [2.05, 4.69) is 0 Å². The fourth-order valence-electron chi connectivity index (χ4n) is 2.19. The van der Waals surface area contributed by atoms with Gasteiger partial charge in [0.05, 0.1) is 21.4 Å². The molecule has 0 atom stereocenters. The molecule has 0 unspecified atom stereocenters. The number of anilines is 2. The summed E-state index contributed by atoms with van der Waals surface area (Å²) >= 11 is 0. The van der Waals surface area contributed by atoms with Gasteiger partial charge in [0.2, 0.25) is 0 Å². The Morgan fingerprint density at radius 1 is 0.800 bits per heavy atom. The number of nitro benzene ring substituents is 2. The highest BCUT2D eigenvalue weighted by atomic mass is 32.2. The predicted octanol–water partition coefficient (Wildman–Crippen LogP) is 1.78. The molecular formula is C14H14N4O6S. The Kier molecular flexibility index (Phi) is 4.88. The van der Waals surface area contributed by atoms with E-state index in [1.54, 1.807) is 0 Å².